The number of benzene rings is 2. The Hall–Kier alpha value is -4.74. The molecule has 3 fully saturated rings. The van der Waals surface area contributed by atoms with Crippen LogP contribution in [0.1, 0.15) is 65.9 Å². The maximum Gasteiger partial charge on any atom is 0.410 e. The van der Waals surface area contributed by atoms with Gasteiger partial charge in [-0.25, -0.2) is 4.79 Å². The SMILES string of the molecule is COc1cc(-c2cn[nH]c2)ccc1CN(C(=O)[C@@H]1CCCN(c2cccc(OC(C)(C)C(=O)N3CCN(C(=O)OC(C)(C)C)CC3)c2)C1)C1CC1. The number of anilines is 1. The molecule has 0 spiro atoms. The maximum atomic E-state index is 14.2. The number of methoxy groups -OCH3 is 1. The van der Waals surface area contributed by atoms with E-state index < -0.39 is 11.2 Å². The second-order valence-electron chi connectivity index (χ2n) is 15.4. The third-order valence-electron chi connectivity index (χ3n) is 9.79. The molecule has 0 unspecified atom stereocenters. The van der Waals surface area contributed by atoms with Crippen molar-refractivity contribution in [2.75, 3.05) is 51.3 Å². The lowest BCUT2D eigenvalue weighted by Crippen LogP contribution is -2.57. The van der Waals surface area contributed by atoms with Crippen molar-refractivity contribution >= 4 is 23.6 Å². The molecular weight excluding hydrogens is 648 g/mol. The minimum absolute atomic E-state index is 0.127. The quantitative estimate of drug-likeness (QED) is 0.285. The average Bonchev–Trinajstić information content (AvgIpc) is 3.81. The number of carbonyl (C=O) groups is 3. The minimum atomic E-state index is -1.12. The Morgan fingerprint density at radius 3 is 2.33 bits per heavy atom. The van der Waals surface area contributed by atoms with E-state index >= 15 is 0 Å². The molecule has 274 valence electrons. The van der Waals surface area contributed by atoms with Gasteiger partial charge in [0.1, 0.15) is 17.1 Å². The minimum Gasteiger partial charge on any atom is -0.496 e. The van der Waals surface area contributed by atoms with E-state index in [4.69, 9.17) is 14.2 Å². The van der Waals surface area contributed by atoms with E-state index in [0.29, 0.717) is 45.0 Å². The van der Waals surface area contributed by atoms with Crippen LogP contribution < -0.4 is 14.4 Å². The smallest absolute Gasteiger partial charge is 0.410 e. The Bertz CT molecular complexity index is 1690. The molecule has 0 bridgehead atoms. The van der Waals surface area contributed by atoms with Crippen LogP contribution in [0, 0.1) is 5.92 Å². The summed E-state index contributed by atoms with van der Waals surface area (Å²) in [5, 5.41) is 6.92. The predicted molar refractivity (Wildman–Crippen MR) is 195 cm³/mol. The molecule has 2 aromatic carbocycles. The second kappa shape index (κ2) is 14.9. The summed E-state index contributed by atoms with van der Waals surface area (Å²) in [6.07, 6.45) is 7.06. The molecule has 3 aromatic rings. The Kier molecular flexibility index (Phi) is 10.5. The molecule has 1 N–H and O–H groups in total. The summed E-state index contributed by atoms with van der Waals surface area (Å²) < 4.78 is 17.6. The first-order valence-electron chi connectivity index (χ1n) is 18.1. The molecule has 12 nitrogen and oxygen atoms in total. The van der Waals surface area contributed by atoms with Crippen LogP contribution in [0.2, 0.25) is 0 Å². The van der Waals surface area contributed by atoms with Gasteiger partial charge in [-0.2, -0.15) is 5.10 Å². The lowest BCUT2D eigenvalue weighted by atomic mass is 9.95. The van der Waals surface area contributed by atoms with Gasteiger partial charge in [0.2, 0.25) is 5.91 Å². The zero-order valence-electron chi connectivity index (χ0n) is 30.8. The van der Waals surface area contributed by atoms with Crippen LogP contribution >= 0.6 is 0 Å². The lowest BCUT2D eigenvalue weighted by Gasteiger charge is -2.39. The van der Waals surface area contributed by atoms with Crippen molar-refractivity contribution in [2.24, 2.45) is 5.92 Å². The van der Waals surface area contributed by atoms with E-state index in [-0.39, 0.29) is 29.9 Å². The summed E-state index contributed by atoms with van der Waals surface area (Å²) in [4.78, 5) is 48.0. The van der Waals surface area contributed by atoms with Gasteiger partial charge in [0, 0.05) is 80.9 Å². The van der Waals surface area contributed by atoms with Crippen LogP contribution in [0.25, 0.3) is 11.1 Å². The van der Waals surface area contributed by atoms with Crippen LogP contribution in [-0.4, -0.2) is 106 Å². The molecule has 2 saturated heterocycles. The highest BCUT2D eigenvalue weighted by molar-refractivity contribution is 5.85. The number of aromatic amines is 1. The average molecular weight is 701 g/mol. The highest BCUT2D eigenvalue weighted by Gasteiger charge is 2.39. The summed E-state index contributed by atoms with van der Waals surface area (Å²) in [6.45, 7) is 12.7. The first kappa shape index (κ1) is 36.1. The Morgan fingerprint density at radius 1 is 0.922 bits per heavy atom. The molecule has 1 saturated carbocycles. The van der Waals surface area contributed by atoms with E-state index in [1.165, 1.54) is 0 Å². The number of ether oxygens (including phenoxy) is 3. The highest BCUT2D eigenvalue weighted by atomic mass is 16.6. The van der Waals surface area contributed by atoms with Crippen LogP contribution in [0.4, 0.5) is 10.5 Å². The third-order valence-corrected chi connectivity index (χ3v) is 9.79. The van der Waals surface area contributed by atoms with Crippen molar-refractivity contribution in [3.8, 4) is 22.6 Å². The third kappa shape index (κ3) is 8.77. The molecule has 3 aliphatic rings. The standard InChI is InChI=1S/C39H52N6O6/c1-38(2,3)51-37(48)43-19-17-42(18-20-43)36(47)39(4,5)50-33-11-7-10-32(22-33)44-16-8-9-29(25-44)35(46)45(31-14-15-31)26-28-13-12-27(21-34(28)49-6)30-23-40-41-24-30/h7,10-13,21-24,29,31H,8-9,14-20,25-26H2,1-6H3,(H,40,41)/t29-/m1/s1. The van der Waals surface area contributed by atoms with Crippen molar-refractivity contribution < 1.29 is 28.6 Å². The number of nitrogens with one attached hydrogen (secondary N) is 1. The van der Waals surface area contributed by atoms with Crippen LogP contribution in [0.3, 0.4) is 0 Å². The maximum absolute atomic E-state index is 14.2. The van der Waals surface area contributed by atoms with E-state index in [9.17, 15) is 14.4 Å². The largest absolute Gasteiger partial charge is 0.496 e. The van der Waals surface area contributed by atoms with Crippen molar-refractivity contribution in [1.82, 2.24) is 24.9 Å². The molecule has 3 amide bonds. The molecule has 3 heterocycles. The lowest BCUT2D eigenvalue weighted by molar-refractivity contribution is -0.147. The van der Waals surface area contributed by atoms with Crippen molar-refractivity contribution in [1.29, 1.82) is 0 Å². The molecule has 0 radical (unpaired) electrons. The van der Waals surface area contributed by atoms with E-state index in [0.717, 1.165) is 60.4 Å². The number of H-pyrrole nitrogens is 1. The Labute approximate surface area is 301 Å². The fourth-order valence-electron chi connectivity index (χ4n) is 6.95. The predicted octanol–water partition coefficient (Wildman–Crippen LogP) is 5.73. The number of piperazine rings is 1. The van der Waals surface area contributed by atoms with Gasteiger partial charge in [0.15, 0.2) is 5.60 Å². The summed E-state index contributed by atoms with van der Waals surface area (Å²) >= 11 is 0. The van der Waals surface area contributed by atoms with Gasteiger partial charge >= 0.3 is 6.09 Å². The molecule has 1 aliphatic carbocycles. The number of rotatable bonds is 10. The summed E-state index contributed by atoms with van der Waals surface area (Å²) in [5.74, 6) is 1.29. The number of nitrogens with zero attached hydrogens (tertiary/aromatic N) is 5. The van der Waals surface area contributed by atoms with E-state index in [1.54, 1.807) is 37.0 Å². The molecular formula is C39H52N6O6. The van der Waals surface area contributed by atoms with Crippen molar-refractivity contribution in [3.05, 3.63) is 60.4 Å². The Balaban J connectivity index is 1.07. The fourth-order valence-corrected chi connectivity index (χ4v) is 6.95. The first-order chi connectivity index (χ1) is 24.3. The summed E-state index contributed by atoms with van der Waals surface area (Å²) in [5.41, 5.74) is 2.26. The normalized spacial score (nSPS) is 18.3. The van der Waals surface area contributed by atoms with Crippen molar-refractivity contribution in [3.63, 3.8) is 0 Å². The molecule has 12 heteroatoms. The van der Waals surface area contributed by atoms with Gasteiger partial charge in [0.25, 0.3) is 5.91 Å². The topological polar surface area (TPSA) is 121 Å². The number of hydrogen-bond acceptors (Lipinski definition) is 8. The Morgan fingerprint density at radius 2 is 1.67 bits per heavy atom. The van der Waals surface area contributed by atoms with Gasteiger partial charge in [-0.1, -0.05) is 18.2 Å². The zero-order chi connectivity index (χ0) is 36.3. The summed E-state index contributed by atoms with van der Waals surface area (Å²) in [7, 11) is 1.67. The molecule has 2 aliphatic heterocycles. The van der Waals surface area contributed by atoms with Crippen LogP contribution in [0.15, 0.2) is 54.9 Å². The molecule has 51 heavy (non-hydrogen) atoms. The van der Waals surface area contributed by atoms with Gasteiger partial charge < -0.3 is 33.8 Å². The monoisotopic (exact) mass is 700 g/mol. The highest BCUT2D eigenvalue weighted by Crippen LogP contribution is 2.36. The van der Waals surface area contributed by atoms with Gasteiger partial charge in [-0.15, -0.1) is 0 Å². The van der Waals surface area contributed by atoms with E-state index in [2.05, 4.69) is 32.1 Å². The number of carbonyl (C=O) groups excluding carboxylic acids is 3. The van der Waals surface area contributed by atoms with Gasteiger partial charge in [-0.3, -0.25) is 14.7 Å². The number of hydrogen-bond donors (Lipinski definition) is 1. The molecule has 6 rings (SSSR count). The fraction of sp³-hybridized carbons (Fsp3) is 0.538. The molecule has 1 aromatic heterocycles. The number of aromatic nitrogens is 2. The zero-order valence-corrected chi connectivity index (χ0v) is 30.8. The van der Waals surface area contributed by atoms with E-state index in [1.807, 2.05) is 57.3 Å². The van der Waals surface area contributed by atoms with Gasteiger partial charge in [0.05, 0.1) is 19.2 Å². The first-order valence-corrected chi connectivity index (χ1v) is 18.1. The summed E-state index contributed by atoms with van der Waals surface area (Å²) in [6, 6.07) is 14.2. The van der Waals surface area contributed by atoms with Gasteiger partial charge in [-0.05, 0) is 84.1 Å². The second-order valence-corrected chi connectivity index (χ2v) is 15.4. The number of amides is 3. The van der Waals surface area contributed by atoms with Crippen LogP contribution in [-0.2, 0) is 20.9 Å². The number of piperidine rings is 1. The van der Waals surface area contributed by atoms with Crippen LogP contribution in [0.5, 0.6) is 11.5 Å². The van der Waals surface area contributed by atoms with Crippen molar-refractivity contribution in [2.45, 2.75) is 84.1 Å². The molecule has 1 atom stereocenters.